The highest BCUT2D eigenvalue weighted by Crippen LogP contribution is 2.28. The monoisotopic (exact) mass is 503 g/mol. The smallest absolute Gasteiger partial charge is 0.326 e. The first-order valence-corrected chi connectivity index (χ1v) is 12.6. The minimum absolute atomic E-state index is 0.0518. The number of fused-ring (bicyclic) bond motifs is 2. The Balaban J connectivity index is 1.68. The topological polar surface area (TPSA) is 82.8 Å². The second kappa shape index (κ2) is 9.81. The minimum atomic E-state index is -0.405. The van der Waals surface area contributed by atoms with Gasteiger partial charge in [-0.25, -0.2) is 4.98 Å². The lowest BCUT2D eigenvalue weighted by atomic mass is 10.1. The highest BCUT2D eigenvalue weighted by Gasteiger charge is 2.17. The molecule has 0 unspecified atom stereocenters. The molecule has 0 saturated carbocycles. The lowest BCUT2D eigenvalue weighted by Gasteiger charge is -2.07. The summed E-state index contributed by atoms with van der Waals surface area (Å²) >= 11 is 2.88. The minimum Gasteiger partial charge on any atom is -0.497 e. The Morgan fingerprint density at radius 3 is 2.71 bits per heavy atom. The number of thiazole rings is 1. The van der Waals surface area contributed by atoms with Crippen LogP contribution in [0, 0.1) is 0 Å². The van der Waals surface area contributed by atoms with Crippen LogP contribution in [0.3, 0.4) is 0 Å². The number of hydrogen-bond donors (Lipinski definition) is 0. The Kier molecular flexibility index (Phi) is 6.43. The van der Waals surface area contributed by atoms with Gasteiger partial charge in [0.25, 0.3) is 5.91 Å². The maximum Gasteiger partial charge on any atom is 0.326 e. The molecule has 0 fully saturated rings. The SMILES string of the molecule is CCOC(=O)Cn1c(=NC(=O)c2cc(-c3cccs3)nc3ccccc23)sc2cc(OC)ccc21. The predicted molar refractivity (Wildman–Crippen MR) is 138 cm³/mol. The van der Waals surface area contributed by atoms with Crippen molar-refractivity contribution < 1.29 is 19.1 Å². The van der Waals surface area contributed by atoms with E-state index in [0.29, 0.717) is 16.1 Å². The van der Waals surface area contributed by atoms with E-state index in [-0.39, 0.29) is 13.2 Å². The number of carbonyl (C=O) groups is 2. The molecule has 0 spiro atoms. The lowest BCUT2D eigenvalue weighted by Crippen LogP contribution is -2.23. The maximum atomic E-state index is 13.6. The summed E-state index contributed by atoms with van der Waals surface area (Å²) < 4.78 is 13.0. The second-order valence-corrected chi connectivity index (χ2v) is 9.53. The van der Waals surface area contributed by atoms with Crippen LogP contribution >= 0.6 is 22.7 Å². The number of rotatable bonds is 6. The molecule has 35 heavy (non-hydrogen) atoms. The molecule has 0 saturated heterocycles. The summed E-state index contributed by atoms with van der Waals surface area (Å²) in [6.07, 6.45) is 0. The largest absolute Gasteiger partial charge is 0.497 e. The van der Waals surface area contributed by atoms with Crippen LogP contribution in [0.25, 0.3) is 31.7 Å². The van der Waals surface area contributed by atoms with Gasteiger partial charge in [0.05, 0.1) is 45.6 Å². The third-order valence-electron chi connectivity index (χ3n) is 5.40. The summed E-state index contributed by atoms with van der Waals surface area (Å²) in [5.74, 6) is -0.121. The fraction of sp³-hybridized carbons (Fsp3) is 0.154. The Bertz CT molecular complexity index is 1620. The van der Waals surface area contributed by atoms with E-state index in [1.807, 2.05) is 60.0 Å². The normalized spacial score (nSPS) is 11.8. The van der Waals surface area contributed by atoms with Crippen molar-refractivity contribution in [2.75, 3.05) is 13.7 Å². The third-order valence-corrected chi connectivity index (χ3v) is 7.33. The first kappa shape index (κ1) is 22.9. The molecule has 3 aromatic heterocycles. The number of nitrogens with zero attached hydrogens (tertiary/aromatic N) is 3. The number of thiophene rings is 1. The Hall–Kier alpha value is -3.82. The number of para-hydroxylation sites is 1. The van der Waals surface area contributed by atoms with Crippen LogP contribution < -0.4 is 9.54 Å². The van der Waals surface area contributed by atoms with Crippen molar-refractivity contribution in [3.63, 3.8) is 0 Å². The number of pyridine rings is 1. The molecule has 5 aromatic rings. The van der Waals surface area contributed by atoms with Crippen molar-refractivity contribution in [1.29, 1.82) is 0 Å². The molecule has 0 atom stereocenters. The number of aromatic nitrogens is 2. The van der Waals surface area contributed by atoms with Gasteiger partial charge in [-0.1, -0.05) is 35.6 Å². The van der Waals surface area contributed by atoms with Gasteiger partial charge in [0.1, 0.15) is 12.3 Å². The van der Waals surface area contributed by atoms with Gasteiger partial charge in [-0.15, -0.1) is 11.3 Å². The van der Waals surface area contributed by atoms with E-state index in [2.05, 4.69) is 4.99 Å². The fourth-order valence-corrected chi connectivity index (χ4v) is 5.55. The summed E-state index contributed by atoms with van der Waals surface area (Å²) in [5.41, 5.74) is 2.67. The van der Waals surface area contributed by atoms with Crippen LogP contribution in [0.4, 0.5) is 0 Å². The molecule has 7 nitrogen and oxygen atoms in total. The van der Waals surface area contributed by atoms with Crippen molar-refractivity contribution in [3.8, 4) is 16.3 Å². The van der Waals surface area contributed by atoms with Crippen LogP contribution in [-0.2, 0) is 16.1 Å². The molecular formula is C26H21N3O4S2. The van der Waals surface area contributed by atoms with Crippen LogP contribution in [0.15, 0.2) is 71.0 Å². The van der Waals surface area contributed by atoms with Gasteiger partial charge in [0, 0.05) is 5.39 Å². The number of esters is 1. The first-order chi connectivity index (χ1) is 17.1. The van der Waals surface area contributed by atoms with Crippen LogP contribution in [0.5, 0.6) is 5.75 Å². The molecule has 0 radical (unpaired) electrons. The standard InChI is InChI=1S/C26H21N3O4S2/c1-3-33-24(30)15-29-21-11-10-16(32-2)13-23(21)35-26(29)28-25(31)18-14-20(22-9-6-12-34-22)27-19-8-5-4-7-17(18)19/h4-14H,3,15H2,1-2H3. The van der Waals surface area contributed by atoms with Gasteiger partial charge >= 0.3 is 5.97 Å². The van der Waals surface area contributed by atoms with E-state index in [9.17, 15) is 9.59 Å². The van der Waals surface area contributed by atoms with Crippen molar-refractivity contribution in [2.45, 2.75) is 13.5 Å². The number of methoxy groups -OCH3 is 1. The van der Waals surface area contributed by atoms with Crippen LogP contribution in [0.2, 0.25) is 0 Å². The molecular weight excluding hydrogens is 482 g/mol. The third kappa shape index (κ3) is 4.60. The summed E-state index contributed by atoms with van der Waals surface area (Å²) in [6.45, 7) is 1.98. The second-order valence-electron chi connectivity index (χ2n) is 7.58. The number of ether oxygens (including phenoxy) is 2. The van der Waals surface area contributed by atoms with Crippen LogP contribution in [0.1, 0.15) is 17.3 Å². The number of benzene rings is 2. The fourth-order valence-electron chi connectivity index (χ4n) is 3.80. The van der Waals surface area contributed by atoms with E-state index < -0.39 is 11.9 Å². The molecule has 5 rings (SSSR count). The number of amides is 1. The molecule has 1 amide bonds. The summed E-state index contributed by atoms with van der Waals surface area (Å²) in [5, 5.41) is 2.70. The Morgan fingerprint density at radius 2 is 1.94 bits per heavy atom. The zero-order valence-corrected chi connectivity index (χ0v) is 20.7. The van der Waals surface area contributed by atoms with Gasteiger partial charge in [-0.2, -0.15) is 4.99 Å². The van der Waals surface area contributed by atoms with Crippen molar-refractivity contribution in [1.82, 2.24) is 9.55 Å². The van der Waals surface area contributed by atoms with E-state index in [1.165, 1.54) is 11.3 Å². The van der Waals surface area contributed by atoms with Crippen molar-refractivity contribution in [3.05, 3.63) is 76.4 Å². The molecule has 0 aliphatic rings. The quantitative estimate of drug-likeness (QED) is 0.294. The summed E-state index contributed by atoms with van der Waals surface area (Å²) in [4.78, 5) is 36.5. The van der Waals surface area contributed by atoms with E-state index in [4.69, 9.17) is 14.5 Å². The lowest BCUT2D eigenvalue weighted by molar-refractivity contribution is -0.143. The molecule has 3 heterocycles. The molecule has 0 N–H and O–H groups in total. The van der Waals surface area contributed by atoms with Gasteiger partial charge in [-0.05, 0) is 48.7 Å². The average molecular weight is 504 g/mol. The maximum absolute atomic E-state index is 13.6. The average Bonchev–Trinajstić information content (AvgIpc) is 3.52. The summed E-state index contributed by atoms with van der Waals surface area (Å²) in [7, 11) is 1.59. The molecule has 9 heteroatoms. The molecule has 0 aliphatic heterocycles. The Morgan fingerprint density at radius 1 is 1.09 bits per heavy atom. The molecule has 2 aromatic carbocycles. The first-order valence-electron chi connectivity index (χ1n) is 10.9. The molecule has 0 aliphatic carbocycles. The highest BCUT2D eigenvalue weighted by atomic mass is 32.1. The van der Waals surface area contributed by atoms with Crippen molar-refractivity contribution >= 4 is 55.7 Å². The van der Waals surface area contributed by atoms with Gasteiger partial charge in [-0.3, -0.25) is 9.59 Å². The molecule has 176 valence electrons. The van der Waals surface area contributed by atoms with E-state index in [0.717, 1.165) is 31.7 Å². The van der Waals surface area contributed by atoms with E-state index >= 15 is 0 Å². The zero-order valence-electron chi connectivity index (χ0n) is 19.1. The Labute approximate surface area is 208 Å². The van der Waals surface area contributed by atoms with Crippen LogP contribution in [-0.4, -0.2) is 35.1 Å². The van der Waals surface area contributed by atoms with Gasteiger partial charge in [0.15, 0.2) is 4.80 Å². The molecule has 0 bridgehead atoms. The highest BCUT2D eigenvalue weighted by molar-refractivity contribution is 7.16. The van der Waals surface area contributed by atoms with Gasteiger partial charge < -0.3 is 14.0 Å². The number of hydrogen-bond acceptors (Lipinski definition) is 7. The predicted octanol–water partition coefficient (Wildman–Crippen LogP) is 5.29. The zero-order chi connectivity index (χ0) is 24.4. The van der Waals surface area contributed by atoms with Gasteiger partial charge in [0.2, 0.25) is 0 Å². The number of carbonyl (C=O) groups excluding carboxylic acids is 2. The van der Waals surface area contributed by atoms with Crippen molar-refractivity contribution in [2.24, 2.45) is 4.99 Å². The van der Waals surface area contributed by atoms with E-state index in [1.54, 1.807) is 36.0 Å². The summed E-state index contributed by atoms with van der Waals surface area (Å²) in [6, 6.07) is 18.8.